The number of amides is 1. The average Bonchev–Trinajstić information content (AvgIpc) is 3.25. The highest BCUT2D eigenvalue weighted by atomic mass is 35.5. The minimum atomic E-state index is -0.203. The highest BCUT2D eigenvalue weighted by Crippen LogP contribution is 2.34. The highest BCUT2D eigenvalue weighted by molar-refractivity contribution is 7.13. The first kappa shape index (κ1) is 17.8. The van der Waals surface area contributed by atoms with Gasteiger partial charge in [-0.25, -0.2) is 4.98 Å². The Labute approximate surface area is 166 Å². The number of rotatable bonds is 3. The van der Waals surface area contributed by atoms with E-state index in [1.165, 1.54) is 0 Å². The van der Waals surface area contributed by atoms with Crippen LogP contribution in [0.5, 0.6) is 5.75 Å². The number of phenols is 1. The van der Waals surface area contributed by atoms with Crippen molar-refractivity contribution in [3.05, 3.63) is 64.6 Å². The third kappa shape index (κ3) is 3.63. The second kappa shape index (κ2) is 7.58. The fourth-order valence-electron chi connectivity index (χ4n) is 3.20. The molecule has 1 N–H and O–H groups in total. The maximum Gasteiger partial charge on any atom is 0.257 e. The van der Waals surface area contributed by atoms with Crippen molar-refractivity contribution < 1.29 is 9.90 Å². The predicted octanol–water partition coefficient (Wildman–Crippen LogP) is 4.13. The largest absolute Gasteiger partial charge is 0.506 e. The number of anilines is 1. The van der Waals surface area contributed by atoms with E-state index in [1.54, 1.807) is 34.6 Å². The van der Waals surface area contributed by atoms with Crippen LogP contribution in [0.15, 0.2) is 54.0 Å². The van der Waals surface area contributed by atoms with E-state index in [1.807, 2.05) is 35.7 Å². The van der Waals surface area contributed by atoms with Gasteiger partial charge in [-0.05, 0) is 23.3 Å². The number of hydrogen-bond acceptors (Lipinski definition) is 5. The summed E-state index contributed by atoms with van der Waals surface area (Å²) in [6, 6.07) is 13.1. The first-order chi connectivity index (χ1) is 13.1. The summed E-state index contributed by atoms with van der Waals surface area (Å²) in [5.74, 6) is -0.366. The highest BCUT2D eigenvalue weighted by Gasteiger charge is 2.26. The molecule has 0 atom stereocenters. The van der Waals surface area contributed by atoms with Gasteiger partial charge in [-0.15, -0.1) is 11.3 Å². The zero-order valence-electron chi connectivity index (χ0n) is 14.5. The number of aromatic nitrogens is 1. The minimum Gasteiger partial charge on any atom is -0.506 e. The molecule has 4 rings (SSSR count). The van der Waals surface area contributed by atoms with Crippen molar-refractivity contribution in [1.82, 2.24) is 9.88 Å². The Kier molecular flexibility index (Phi) is 5.01. The predicted molar refractivity (Wildman–Crippen MR) is 109 cm³/mol. The quantitative estimate of drug-likeness (QED) is 0.719. The van der Waals surface area contributed by atoms with Gasteiger partial charge in [0.2, 0.25) is 0 Å². The van der Waals surface area contributed by atoms with Gasteiger partial charge in [0.25, 0.3) is 5.91 Å². The van der Waals surface area contributed by atoms with Crippen molar-refractivity contribution in [3.63, 3.8) is 0 Å². The second-order valence-corrected chi connectivity index (χ2v) is 7.59. The summed E-state index contributed by atoms with van der Waals surface area (Å²) >= 11 is 7.80. The maximum atomic E-state index is 13.0. The lowest BCUT2D eigenvalue weighted by Gasteiger charge is -2.34. The number of carbonyl (C=O) groups is 1. The number of thiazole rings is 1. The van der Waals surface area contributed by atoms with Gasteiger partial charge in [0.15, 0.2) is 5.13 Å². The van der Waals surface area contributed by atoms with Crippen molar-refractivity contribution >= 4 is 34.0 Å². The number of halogens is 1. The summed E-state index contributed by atoms with van der Waals surface area (Å²) in [6.45, 7) is 2.58. The summed E-state index contributed by atoms with van der Waals surface area (Å²) in [6.07, 6.45) is 1.78. The van der Waals surface area contributed by atoms with Gasteiger partial charge in [-0.2, -0.15) is 0 Å². The Bertz CT molecular complexity index is 939. The molecule has 0 unspecified atom stereocenters. The van der Waals surface area contributed by atoms with Crippen LogP contribution < -0.4 is 4.90 Å². The number of aromatic hydroxyl groups is 1. The standard InChI is InChI=1S/C20H18ClN3O2S/c21-17-13-15(14-4-2-1-3-5-14)12-16(18(17)25)19(26)23-7-9-24(10-8-23)20-22-6-11-27-20/h1-6,11-13,25H,7-10H2. The molecular weight excluding hydrogens is 382 g/mol. The Hall–Kier alpha value is -2.57. The lowest BCUT2D eigenvalue weighted by molar-refractivity contribution is 0.0744. The first-order valence-corrected chi connectivity index (χ1v) is 9.91. The van der Waals surface area contributed by atoms with Gasteiger partial charge < -0.3 is 14.9 Å². The van der Waals surface area contributed by atoms with E-state index in [2.05, 4.69) is 9.88 Å². The van der Waals surface area contributed by atoms with E-state index >= 15 is 0 Å². The SMILES string of the molecule is O=C(c1cc(-c2ccccc2)cc(Cl)c1O)N1CCN(c2nccs2)CC1. The van der Waals surface area contributed by atoms with E-state index in [9.17, 15) is 9.90 Å². The van der Waals surface area contributed by atoms with Crippen LogP contribution in [0.2, 0.25) is 5.02 Å². The third-order valence-corrected chi connectivity index (χ3v) is 5.78. The van der Waals surface area contributed by atoms with Crippen molar-refractivity contribution in [1.29, 1.82) is 0 Å². The molecule has 1 amide bonds. The molecule has 2 heterocycles. The zero-order valence-corrected chi connectivity index (χ0v) is 16.1. The van der Waals surface area contributed by atoms with Crippen LogP contribution in [0.1, 0.15) is 10.4 Å². The molecule has 2 aromatic carbocycles. The second-order valence-electron chi connectivity index (χ2n) is 6.31. The molecule has 0 radical (unpaired) electrons. The van der Waals surface area contributed by atoms with Crippen LogP contribution in [0.4, 0.5) is 5.13 Å². The van der Waals surface area contributed by atoms with E-state index in [0.29, 0.717) is 26.2 Å². The molecule has 0 saturated carbocycles. The van der Waals surface area contributed by atoms with Crippen LogP contribution in [0.25, 0.3) is 11.1 Å². The van der Waals surface area contributed by atoms with Gasteiger partial charge in [0.05, 0.1) is 10.6 Å². The van der Waals surface area contributed by atoms with Gasteiger partial charge in [0, 0.05) is 37.8 Å². The average molecular weight is 400 g/mol. The molecule has 1 aromatic heterocycles. The van der Waals surface area contributed by atoms with Crippen molar-refractivity contribution in [2.75, 3.05) is 31.1 Å². The molecule has 27 heavy (non-hydrogen) atoms. The zero-order chi connectivity index (χ0) is 18.8. The van der Waals surface area contributed by atoms with Gasteiger partial charge >= 0.3 is 0 Å². The van der Waals surface area contributed by atoms with Crippen molar-refractivity contribution in [3.8, 4) is 16.9 Å². The number of nitrogens with zero attached hydrogens (tertiary/aromatic N) is 3. The number of phenolic OH excluding ortho intramolecular Hbond substituents is 1. The molecule has 1 aliphatic rings. The summed E-state index contributed by atoms with van der Waals surface area (Å²) in [5.41, 5.74) is 1.99. The van der Waals surface area contributed by atoms with Crippen LogP contribution in [-0.2, 0) is 0 Å². The Balaban J connectivity index is 1.56. The molecule has 0 aliphatic carbocycles. The Morgan fingerprint density at radius 1 is 1.07 bits per heavy atom. The molecular formula is C20H18ClN3O2S. The van der Waals surface area contributed by atoms with Gasteiger partial charge in [0.1, 0.15) is 5.75 Å². The summed E-state index contributed by atoms with van der Waals surface area (Å²) in [5, 5.41) is 13.5. The van der Waals surface area contributed by atoms with Crippen LogP contribution in [0, 0.1) is 0 Å². The van der Waals surface area contributed by atoms with Crippen LogP contribution in [0.3, 0.4) is 0 Å². The van der Waals surface area contributed by atoms with Crippen LogP contribution in [-0.4, -0.2) is 47.1 Å². The van der Waals surface area contributed by atoms with E-state index in [0.717, 1.165) is 16.3 Å². The van der Waals surface area contributed by atoms with Gasteiger partial charge in [-0.1, -0.05) is 41.9 Å². The smallest absolute Gasteiger partial charge is 0.257 e. The monoisotopic (exact) mass is 399 g/mol. The fourth-order valence-corrected chi connectivity index (χ4v) is 4.12. The topological polar surface area (TPSA) is 56.7 Å². The van der Waals surface area contributed by atoms with Crippen molar-refractivity contribution in [2.45, 2.75) is 0 Å². The van der Waals surface area contributed by atoms with Gasteiger partial charge in [-0.3, -0.25) is 4.79 Å². The number of carbonyl (C=O) groups excluding carboxylic acids is 1. The molecule has 7 heteroatoms. The van der Waals surface area contributed by atoms with E-state index in [-0.39, 0.29) is 22.2 Å². The molecule has 1 fully saturated rings. The molecule has 3 aromatic rings. The van der Waals surface area contributed by atoms with E-state index in [4.69, 9.17) is 11.6 Å². The molecule has 0 bridgehead atoms. The molecule has 5 nitrogen and oxygen atoms in total. The normalized spacial score (nSPS) is 14.4. The minimum absolute atomic E-state index is 0.163. The fraction of sp³-hybridized carbons (Fsp3) is 0.200. The molecule has 0 spiro atoms. The number of piperazine rings is 1. The maximum absolute atomic E-state index is 13.0. The van der Waals surface area contributed by atoms with E-state index < -0.39 is 0 Å². The number of benzene rings is 2. The lowest BCUT2D eigenvalue weighted by Crippen LogP contribution is -2.48. The van der Waals surface area contributed by atoms with Crippen molar-refractivity contribution in [2.24, 2.45) is 0 Å². The molecule has 1 aliphatic heterocycles. The molecule has 138 valence electrons. The first-order valence-electron chi connectivity index (χ1n) is 8.65. The summed E-state index contributed by atoms with van der Waals surface area (Å²) < 4.78 is 0. The summed E-state index contributed by atoms with van der Waals surface area (Å²) in [4.78, 5) is 21.3. The summed E-state index contributed by atoms with van der Waals surface area (Å²) in [7, 11) is 0. The number of hydrogen-bond donors (Lipinski definition) is 1. The molecule has 1 saturated heterocycles. The Morgan fingerprint density at radius 2 is 1.81 bits per heavy atom. The third-order valence-electron chi connectivity index (χ3n) is 4.66. The Morgan fingerprint density at radius 3 is 2.48 bits per heavy atom. The van der Waals surface area contributed by atoms with Crippen LogP contribution >= 0.6 is 22.9 Å². The lowest BCUT2D eigenvalue weighted by atomic mass is 10.0.